The summed E-state index contributed by atoms with van der Waals surface area (Å²) in [4.78, 5) is 44.3. The third-order valence-electron chi connectivity index (χ3n) is 8.72. The molecule has 14 heteroatoms. The number of piperidine rings is 1. The maximum atomic E-state index is 13.4. The molecule has 2 N–H and O–H groups in total. The summed E-state index contributed by atoms with van der Waals surface area (Å²) >= 11 is 6.68. The predicted octanol–water partition coefficient (Wildman–Crippen LogP) is 3.82. The van der Waals surface area contributed by atoms with Crippen LogP contribution in [0, 0.1) is 0 Å². The zero-order valence-electron chi connectivity index (χ0n) is 26.1. The molecular weight excluding hydrogens is 630 g/mol. The lowest BCUT2D eigenvalue weighted by molar-refractivity contribution is -0.132. The largest absolute Gasteiger partial charge is 0.484 e. The number of β-amino-alcohol motifs (C(OH)–C–C–N with tert-alkyl or cyclic N) is 1. The van der Waals surface area contributed by atoms with Gasteiger partial charge in [-0.05, 0) is 49.3 Å². The second-order valence-electron chi connectivity index (χ2n) is 12.1. The first kappa shape index (κ1) is 34.0. The number of anilines is 2. The number of ether oxygens (including phenoxy) is 1. The van der Waals surface area contributed by atoms with Crippen LogP contribution in [0.15, 0.2) is 35.2 Å². The zero-order chi connectivity index (χ0) is 31.3. The SMILES string of the molecule is CC(=O)N1CC(Nc2cc(C(=O)CC[C@H](O)CN3CCc4c(ccc(OCc5cnco5)c4Cl)C3)nc(N3CCCCC3)n2)C1.S. The van der Waals surface area contributed by atoms with Gasteiger partial charge in [0, 0.05) is 65.2 Å². The van der Waals surface area contributed by atoms with E-state index in [4.69, 9.17) is 25.7 Å². The number of Topliss-reactive ketones (excluding diaryl/α,β-unsaturated/α-hetero) is 1. The van der Waals surface area contributed by atoms with Gasteiger partial charge in [0.15, 0.2) is 17.9 Å². The smallest absolute Gasteiger partial charge is 0.227 e. The lowest BCUT2D eigenvalue weighted by Gasteiger charge is -2.39. The molecule has 2 aromatic heterocycles. The first-order valence-corrected chi connectivity index (χ1v) is 16.1. The number of rotatable bonds is 12. The minimum atomic E-state index is -0.663. The van der Waals surface area contributed by atoms with E-state index in [1.54, 1.807) is 24.1 Å². The number of fused-ring (bicyclic) bond motifs is 1. The van der Waals surface area contributed by atoms with Crippen molar-refractivity contribution in [1.29, 1.82) is 0 Å². The van der Waals surface area contributed by atoms with Crippen LogP contribution in [-0.4, -0.2) is 93.0 Å². The number of benzene rings is 1. The molecule has 0 radical (unpaired) electrons. The number of carbonyl (C=O) groups is 2. The van der Waals surface area contributed by atoms with Crippen LogP contribution in [0.4, 0.5) is 11.8 Å². The van der Waals surface area contributed by atoms with E-state index in [0.717, 1.165) is 50.0 Å². The maximum Gasteiger partial charge on any atom is 0.227 e. The highest BCUT2D eigenvalue weighted by atomic mass is 35.5. The third kappa shape index (κ3) is 8.30. The molecule has 0 saturated carbocycles. The van der Waals surface area contributed by atoms with Crippen molar-refractivity contribution in [2.75, 3.05) is 49.5 Å². The Morgan fingerprint density at radius 2 is 1.98 bits per heavy atom. The van der Waals surface area contributed by atoms with E-state index in [-0.39, 0.29) is 44.3 Å². The predicted molar refractivity (Wildman–Crippen MR) is 179 cm³/mol. The molecular formula is C32H42ClN7O5S. The van der Waals surface area contributed by atoms with Gasteiger partial charge in [0.2, 0.25) is 11.9 Å². The summed E-state index contributed by atoms with van der Waals surface area (Å²) in [6.07, 6.45) is 6.88. The maximum absolute atomic E-state index is 13.4. The Kier molecular flexibility index (Phi) is 11.4. The fraction of sp³-hybridized carbons (Fsp3) is 0.531. The zero-order valence-corrected chi connectivity index (χ0v) is 27.8. The van der Waals surface area contributed by atoms with Gasteiger partial charge < -0.3 is 29.4 Å². The van der Waals surface area contributed by atoms with Crippen molar-refractivity contribution in [2.45, 2.75) is 70.7 Å². The average Bonchev–Trinajstić information content (AvgIpc) is 3.55. The number of amides is 1. The van der Waals surface area contributed by atoms with Gasteiger partial charge in [-0.1, -0.05) is 17.7 Å². The van der Waals surface area contributed by atoms with Crippen LogP contribution in [-0.2, 0) is 24.4 Å². The molecule has 3 aliphatic heterocycles. The van der Waals surface area contributed by atoms with E-state index in [0.29, 0.717) is 66.6 Å². The third-order valence-corrected chi connectivity index (χ3v) is 9.14. The van der Waals surface area contributed by atoms with E-state index < -0.39 is 6.10 Å². The van der Waals surface area contributed by atoms with E-state index in [1.807, 2.05) is 12.1 Å². The molecule has 2 fully saturated rings. The minimum absolute atomic E-state index is 0. The van der Waals surface area contributed by atoms with Gasteiger partial charge in [-0.15, -0.1) is 0 Å². The molecule has 0 spiro atoms. The monoisotopic (exact) mass is 671 g/mol. The Bertz CT molecular complexity index is 1500. The molecule has 6 rings (SSSR count). The number of aromatic nitrogens is 3. The van der Waals surface area contributed by atoms with Crippen LogP contribution in [0.25, 0.3) is 0 Å². The minimum Gasteiger partial charge on any atom is -0.484 e. The summed E-state index contributed by atoms with van der Waals surface area (Å²) in [5.74, 6) is 2.32. The molecule has 0 aliphatic carbocycles. The van der Waals surface area contributed by atoms with Gasteiger partial charge in [-0.2, -0.15) is 18.5 Å². The number of aliphatic hydroxyl groups excluding tert-OH is 1. The summed E-state index contributed by atoms with van der Waals surface area (Å²) in [6, 6.07) is 5.67. The topological polar surface area (TPSA) is 137 Å². The Labute approximate surface area is 280 Å². The molecule has 0 unspecified atom stereocenters. The Balaban J connectivity index is 0.00000417. The summed E-state index contributed by atoms with van der Waals surface area (Å²) in [5.41, 5.74) is 2.51. The van der Waals surface area contributed by atoms with Crippen LogP contribution in [0.3, 0.4) is 0 Å². The van der Waals surface area contributed by atoms with Crippen molar-refractivity contribution in [3.05, 3.63) is 58.4 Å². The molecule has 12 nitrogen and oxygen atoms in total. The quantitative estimate of drug-likeness (QED) is 0.272. The number of ketones is 1. The average molecular weight is 672 g/mol. The van der Waals surface area contributed by atoms with Crippen molar-refractivity contribution in [3.8, 4) is 5.75 Å². The first-order valence-electron chi connectivity index (χ1n) is 15.7. The normalized spacial score (nSPS) is 17.5. The second kappa shape index (κ2) is 15.5. The fourth-order valence-corrected chi connectivity index (χ4v) is 6.45. The number of hydrogen-bond acceptors (Lipinski definition) is 11. The summed E-state index contributed by atoms with van der Waals surface area (Å²) in [6.45, 7) is 6.61. The molecule has 3 aliphatic rings. The van der Waals surface area contributed by atoms with Crippen LogP contribution in [0.2, 0.25) is 5.02 Å². The Hall–Kier alpha value is -3.39. The summed E-state index contributed by atoms with van der Waals surface area (Å²) in [5, 5.41) is 14.9. The van der Waals surface area contributed by atoms with Crippen LogP contribution >= 0.6 is 25.1 Å². The van der Waals surface area contributed by atoms with Crippen molar-refractivity contribution in [2.24, 2.45) is 0 Å². The van der Waals surface area contributed by atoms with Crippen LogP contribution in [0.1, 0.15) is 66.4 Å². The van der Waals surface area contributed by atoms with Crippen LogP contribution < -0.4 is 15.0 Å². The number of halogens is 1. The molecule has 46 heavy (non-hydrogen) atoms. The number of nitrogens with zero attached hydrogens (tertiary/aromatic N) is 6. The Morgan fingerprint density at radius 1 is 1.17 bits per heavy atom. The molecule has 1 aromatic carbocycles. The van der Waals surface area contributed by atoms with E-state index >= 15 is 0 Å². The molecule has 2 saturated heterocycles. The standard InChI is InChI=1S/C32H40ClN7O5.H2S/c1-21(41)40-16-23(17-40)35-30-13-27(36-32(37-30)39-10-3-2-4-11-39)28(43)7-6-24(42)18-38-12-9-26-22(15-38)5-8-29(31(26)33)44-19-25-14-34-20-45-25;/h5,8,13-14,20,23-24,42H,2-4,6-7,9-12,15-19H2,1H3,(H,35,36,37);1H2/t24-;/m0./s1. The highest BCUT2D eigenvalue weighted by molar-refractivity contribution is 7.59. The van der Waals surface area contributed by atoms with E-state index in [9.17, 15) is 14.7 Å². The van der Waals surface area contributed by atoms with Crippen molar-refractivity contribution in [3.63, 3.8) is 0 Å². The summed E-state index contributed by atoms with van der Waals surface area (Å²) < 4.78 is 11.1. The molecule has 0 bridgehead atoms. The number of aliphatic hydroxyl groups is 1. The fourth-order valence-electron chi connectivity index (χ4n) is 6.12. The van der Waals surface area contributed by atoms with Gasteiger partial charge >= 0.3 is 0 Å². The number of oxazole rings is 1. The van der Waals surface area contributed by atoms with Gasteiger partial charge in [-0.25, -0.2) is 9.97 Å². The number of carbonyl (C=O) groups excluding carboxylic acids is 2. The first-order chi connectivity index (χ1) is 21.8. The van der Waals surface area contributed by atoms with E-state index in [1.165, 1.54) is 12.8 Å². The van der Waals surface area contributed by atoms with Gasteiger partial charge in [0.05, 0.1) is 23.4 Å². The van der Waals surface area contributed by atoms with Gasteiger partial charge in [0.25, 0.3) is 0 Å². The van der Waals surface area contributed by atoms with Crippen molar-refractivity contribution < 1.29 is 23.8 Å². The Morgan fingerprint density at radius 3 is 2.72 bits per heavy atom. The lowest BCUT2D eigenvalue weighted by Crippen LogP contribution is -2.56. The number of hydrogen-bond donors (Lipinski definition) is 2. The van der Waals surface area contributed by atoms with Crippen molar-refractivity contribution in [1.82, 2.24) is 24.8 Å². The highest BCUT2D eigenvalue weighted by Crippen LogP contribution is 2.34. The summed E-state index contributed by atoms with van der Waals surface area (Å²) in [7, 11) is 0. The van der Waals surface area contributed by atoms with Gasteiger partial charge in [0.1, 0.15) is 23.9 Å². The molecule has 5 heterocycles. The van der Waals surface area contributed by atoms with Gasteiger partial charge in [-0.3, -0.25) is 14.5 Å². The van der Waals surface area contributed by atoms with Crippen molar-refractivity contribution >= 4 is 48.6 Å². The number of likely N-dealkylation sites (tertiary alicyclic amines) is 1. The van der Waals surface area contributed by atoms with Crippen LogP contribution in [0.5, 0.6) is 5.75 Å². The molecule has 1 amide bonds. The molecule has 1 atom stereocenters. The highest BCUT2D eigenvalue weighted by Gasteiger charge is 2.29. The molecule has 3 aromatic rings. The van der Waals surface area contributed by atoms with E-state index in [2.05, 4.69) is 25.1 Å². The number of nitrogens with one attached hydrogen (secondary N) is 1. The second-order valence-corrected chi connectivity index (χ2v) is 12.5. The lowest BCUT2D eigenvalue weighted by atomic mass is 9.98. The molecule has 248 valence electrons.